The van der Waals surface area contributed by atoms with E-state index >= 15 is 0 Å². The van der Waals surface area contributed by atoms with Crippen LogP contribution in [0, 0.1) is 0 Å². The highest BCUT2D eigenvalue weighted by molar-refractivity contribution is 5.16. The summed E-state index contributed by atoms with van der Waals surface area (Å²) in [6.07, 6.45) is 0.493. The summed E-state index contributed by atoms with van der Waals surface area (Å²) in [6, 6.07) is 29.6. The zero-order chi connectivity index (χ0) is 22.9. The van der Waals surface area contributed by atoms with Crippen molar-refractivity contribution in [1.29, 1.82) is 0 Å². The van der Waals surface area contributed by atoms with Crippen LogP contribution in [0.3, 0.4) is 0 Å². The first-order valence-electron chi connectivity index (χ1n) is 11.3. The lowest BCUT2D eigenvalue weighted by molar-refractivity contribution is -0.256. The minimum atomic E-state index is -0.453. The van der Waals surface area contributed by atoms with Gasteiger partial charge in [0.1, 0.15) is 18.3 Å². The van der Waals surface area contributed by atoms with E-state index in [1.807, 2.05) is 91.0 Å². The van der Waals surface area contributed by atoms with Crippen LogP contribution >= 0.6 is 0 Å². The van der Waals surface area contributed by atoms with Crippen molar-refractivity contribution in [1.82, 2.24) is 5.06 Å². The molecule has 4 rings (SSSR count). The van der Waals surface area contributed by atoms with Crippen LogP contribution < -0.4 is 0 Å². The molecule has 1 N–H and O–H groups in total. The van der Waals surface area contributed by atoms with Crippen LogP contribution in [-0.2, 0) is 34.0 Å². The molecule has 5 heteroatoms. The first-order valence-corrected chi connectivity index (χ1v) is 11.3. The van der Waals surface area contributed by atoms with Crippen molar-refractivity contribution in [2.45, 2.75) is 44.2 Å². The topological polar surface area (TPSA) is 51.2 Å². The largest absolute Gasteiger partial charge is 0.369 e. The Morgan fingerprint density at radius 1 is 0.697 bits per heavy atom. The van der Waals surface area contributed by atoms with Crippen molar-refractivity contribution in [3.05, 3.63) is 120 Å². The van der Waals surface area contributed by atoms with Crippen LogP contribution in [0.25, 0.3) is 0 Å². The molecule has 0 aromatic heterocycles. The van der Waals surface area contributed by atoms with E-state index in [-0.39, 0.29) is 12.2 Å². The fourth-order valence-electron chi connectivity index (χ4n) is 4.10. The summed E-state index contributed by atoms with van der Waals surface area (Å²) in [7, 11) is 0. The molecule has 1 saturated heterocycles. The molecule has 0 bridgehead atoms. The molecule has 172 valence electrons. The summed E-state index contributed by atoms with van der Waals surface area (Å²) in [5.74, 6) is 0. The molecule has 0 saturated carbocycles. The average Bonchev–Trinajstić information content (AvgIpc) is 2.87. The first kappa shape index (κ1) is 23.4. The number of hydroxylamine groups is 2. The number of piperidine rings is 1. The summed E-state index contributed by atoms with van der Waals surface area (Å²) >= 11 is 0. The Labute approximate surface area is 195 Å². The van der Waals surface area contributed by atoms with E-state index < -0.39 is 12.1 Å². The lowest BCUT2D eigenvalue weighted by Gasteiger charge is -2.45. The van der Waals surface area contributed by atoms with E-state index in [1.165, 1.54) is 5.06 Å². The Hall–Kier alpha value is -2.80. The molecule has 3 aromatic rings. The van der Waals surface area contributed by atoms with Gasteiger partial charge in [-0.2, -0.15) is 5.06 Å². The average molecular weight is 446 g/mol. The third-order valence-electron chi connectivity index (χ3n) is 5.86. The highest BCUT2D eigenvalue weighted by Gasteiger charge is 2.44. The van der Waals surface area contributed by atoms with Crippen molar-refractivity contribution < 1.29 is 19.4 Å². The van der Waals surface area contributed by atoms with Gasteiger partial charge in [-0.25, -0.2) is 0 Å². The Morgan fingerprint density at radius 2 is 1.12 bits per heavy atom. The number of hydrogen-bond acceptors (Lipinski definition) is 5. The molecule has 1 fully saturated rings. The smallest absolute Gasteiger partial charge is 0.113 e. The maximum Gasteiger partial charge on any atom is 0.113 e. The van der Waals surface area contributed by atoms with Gasteiger partial charge in [0.15, 0.2) is 0 Å². The second kappa shape index (κ2) is 11.9. The summed E-state index contributed by atoms with van der Waals surface area (Å²) in [5, 5.41) is 12.0. The molecular weight excluding hydrogens is 414 g/mol. The highest BCUT2D eigenvalue weighted by Crippen LogP contribution is 2.28. The zero-order valence-electron chi connectivity index (χ0n) is 18.7. The van der Waals surface area contributed by atoms with E-state index in [1.54, 1.807) is 6.08 Å². The molecule has 5 nitrogen and oxygen atoms in total. The van der Waals surface area contributed by atoms with Gasteiger partial charge in [-0.1, -0.05) is 97.1 Å². The molecule has 1 heterocycles. The van der Waals surface area contributed by atoms with Crippen LogP contribution in [0.1, 0.15) is 16.7 Å². The maximum atomic E-state index is 10.8. The van der Waals surface area contributed by atoms with Crippen molar-refractivity contribution in [2.24, 2.45) is 0 Å². The molecule has 0 aliphatic carbocycles. The van der Waals surface area contributed by atoms with Gasteiger partial charge in [-0.15, -0.1) is 6.58 Å². The van der Waals surface area contributed by atoms with Crippen molar-refractivity contribution in [3.8, 4) is 0 Å². The van der Waals surface area contributed by atoms with Crippen molar-refractivity contribution >= 4 is 0 Å². The third-order valence-corrected chi connectivity index (χ3v) is 5.86. The van der Waals surface area contributed by atoms with E-state index in [9.17, 15) is 5.21 Å². The van der Waals surface area contributed by atoms with Crippen LogP contribution in [0.2, 0.25) is 0 Å². The zero-order valence-corrected chi connectivity index (χ0v) is 18.7. The van der Waals surface area contributed by atoms with E-state index in [0.717, 1.165) is 16.7 Å². The minimum absolute atomic E-state index is 0.300. The van der Waals surface area contributed by atoms with Gasteiger partial charge in [0.05, 0.1) is 32.4 Å². The second-order valence-electron chi connectivity index (χ2n) is 8.21. The maximum absolute atomic E-state index is 10.8. The molecule has 4 atom stereocenters. The molecule has 0 amide bonds. The Bertz CT molecular complexity index is 967. The van der Waals surface area contributed by atoms with Gasteiger partial charge in [-0.3, -0.25) is 0 Å². The number of rotatable bonds is 10. The van der Waals surface area contributed by atoms with E-state index in [0.29, 0.717) is 26.4 Å². The molecule has 1 aliphatic heterocycles. The van der Waals surface area contributed by atoms with E-state index in [2.05, 4.69) is 6.58 Å². The molecule has 0 spiro atoms. The predicted molar refractivity (Wildman–Crippen MR) is 128 cm³/mol. The van der Waals surface area contributed by atoms with Gasteiger partial charge in [0, 0.05) is 0 Å². The summed E-state index contributed by atoms with van der Waals surface area (Å²) in [6.45, 7) is 5.49. The molecule has 33 heavy (non-hydrogen) atoms. The Kier molecular flexibility index (Phi) is 8.41. The van der Waals surface area contributed by atoms with Crippen LogP contribution in [-0.4, -0.2) is 41.2 Å². The summed E-state index contributed by atoms with van der Waals surface area (Å²) < 4.78 is 19.0. The second-order valence-corrected chi connectivity index (χ2v) is 8.21. The minimum Gasteiger partial charge on any atom is -0.369 e. The monoisotopic (exact) mass is 445 g/mol. The number of nitrogens with zero attached hydrogens (tertiary/aromatic N) is 1. The molecule has 0 unspecified atom stereocenters. The van der Waals surface area contributed by atoms with Crippen LogP contribution in [0.15, 0.2) is 104 Å². The normalized spacial score (nSPS) is 23.3. The van der Waals surface area contributed by atoms with Crippen LogP contribution in [0.4, 0.5) is 0 Å². The quantitative estimate of drug-likeness (QED) is 0.445. The van der Waals surface area contributed by atoms with Gasteiger partial charge in [0.2, 0.25) is 0 Å². The number of ether oxygens (including phenoxy) is 3. The standard InChI is InChI=1S/C28H31NO4/c1-2-25-27(32-20-23-14-8-4-9-15-23)28(33-21-24-16-10-5-11-17-24)26(18-29(25)30)31-19-22-12-6-3-7-13-22/h2-17,25-28,30H,1,18-21H2/t25-,26-,27+,28+/m1/s1. The fourth-order valence-corrected chi connectivity index (χ4v) is 4.10. The first-order chi connectivity index (χ1) is 16.2. The SMILES string of the molecule is C=C[C@@H]1[C@H](OCc2ccccc2)[C@@H](OCc2ccccc2)[C@H](OCc2ccccc2)CN1O. The molecule has 1 aliphatic rings. The van der Waals surface area contributed by atoms with E-state index in [4.69, 9.17) is 14.2 Å². The van der Waals surface area contributed by atoms with Crippen LogP contribution in [0.5, 0.6) is 0 Å². The third kappa shape index (κ3) is 6.38. The Balaban J connectivity index is 1.53. The molecule has 3 aromatic carbocycles. The lowest BCUT2D eigenvalue weighted by atomic mass is 9.94. The molecule has 0 radical (unpaired) electrons. The Morgan fingerprint density at radius 3 is 1.58 bits per heavy atom. The van der Waals surface area contributed by atoms with Gasteiger partial charge in [0.25, 0.3) is 0 Å². The summed E-state index contributed by atoms with van der Waals surface area (Å²) in [5.41, 5.74) is 3.19. The predicted octanol–water partition coefficient (Wildman–Crippen LogP) is 5.00. The van der Waals surface area contributed by atoms with Gasteiger partial charge < -0.3 is 19.4 Å². The summed E-state index contributed by atoms with van der Waals surface area (Å²) in [4.78, 5) is 0. The van der Waals surface area contributed by atoms with Crippen molar-refractivity contribution in [3.63, 3.8) is 0 Å². The molecular formula is C28H31NO4. The highest BCUT2D eigenvalue weighted by atomic mass is 16.6. The number of benzene rings is 3. The van der Waals surface area contributed by atoms with Gasteiger partial charge >= 0.3 is 0 Å². The number of hydrogen-bond donors (Lipinski definition) is 1. The lowest BCUT2D eigenvalue weighted by Crippen LogP contribution is -2.61. The fraction of sp³-hybridized carbons (Fsp3) is 0.286. The van der Waals surface area contributed by atoms with Gasteiger partial charge in [-0.05, 0) is 16.7 Å². The van der Waals surface area contributed by atoms with Crippen molar-refractivity contribution in [2.75, 3.05) is 6.54 Å².